The van der Waals surface area contributed by atoms with Crippen LogP contribution in [0.3, 0.4) is 0 Å². The number of benzene rings is 1. The molecule has 3 atom stereocenters. The van der Waals surface area contributed by atoms with E-state index in [-0.39, 0.29) is 40.2 Å². The number of aromatic nitrogens is 1. The van der Waals surface area contributed by atoms with Crippen LogP contribution in [0.25, 0.3) is 10.9 Å². The summed E-state index contributed by atoms with van der Waals surface area (Å²) in [5.41, 5.74) is -0.479. The number of carbonyl (C=O) groups is 4. The molecule has 0 radical (unpaired) electrons. The van der Waals surface area contributed by atoms with Gasteiger partial charge in [0.15, 0.2) is 5.82 Å². The number of aliphatic carboxylic acids is 1. The Kier molecular flexibility index (Phi) is 7.36. The first-order valence-electron chi connectivity index (χ1n) is 12.1. The number of rotatable bonds is 10. The first-order chi connectivity index (χ1) is 17.4. The number of H-pyrrole nitrogens is 1. The summed E-state index contributed by atoms with van der Waals surface area (Å²) >= 11 is 5.91. The molecule has 0 spiro atoms. The number of hydrogen-bond acceptors (Lipinski definition) is 5. The molecule has 0 bridgehead atoms. The minimum atomic E-state index is -1.30. The third-order valence-electron chi connectivity index (χ3n) is 6.85. The first-order valence-corrected chi connectivity index (χ1v) is 12.5. The summed E-state index contributed by atoms with van der Waals surface area (Å²) in [5.74, 6) is -3.66. The Balaban J connectivity index is 1.50. The van der Waals surface area contributed by atoms with E-state index in [9.17, 15) is 28.7 Å². The molecular weight excluding hydrogens is 507 g/mol. The van der Waals surface area contributed by atoms with Crippen LogP contribution in [0, 0.1) is 17.7 Å². The molecule has 12 heteroatoms. The van der Waals surface area contributed by atoms with Crippen molar-refractivity contribution in [3.63, 3.8) is 0 Å². The average molecular weight is 537 g/mol. The number of fused-ring (bicyclic) bond motifs is 1. The molecule has 1 saturated carbocycles. The van der Waals surface area contributed by atoms with Gasteiger partial charge >= 0.3 is 5.97 Å². The van der Waals surface area contributed by atoms with Gasteiger partial charge in [-0.2, -0.15) is 0 Å². The number of methoxy groups -OCH3 is 1. The second-order valence-corrected chi connectivity index (χ2v) is 10.9. The molecule has 10 nitrogen and oxygen atoms in total. The number of amides is 3. The van der Waals surface area contributed by atoms with Crippen LogP contribution in [0.15, 0.2) is 12.1 Å². The van der Waals surface area contributed by atoms with E-state index in [2.05, 4.69) is 20.9 Å². The highest BCUT2D eigenvalue weighted by atomic mass is 35.5. The van der Waals surface area contributed by atoms with E-state index in [1.165, 1.54) is 19.2 Å². The maximum atomic E-state index is 14.5. The number of hydrogen-bond donors (Lipinski definition) is 5. The van der Waals surface area contributed by atoms with Crippen molar-refractivity contribution in [3.05, 3.63) is 28.7 Å². The molecule has 3 unspecified atom stereocenters. The molecule has 2 aliphatic rings. The number of carboxylic acid groups (broad SMARTS) is 1. The highest BCUT2D eigenvalue weighted by Crippen LogP contribution is 2.35. The molecular formula is C25H30ClFN4O6. The fourth-order valence-electron chi connectivity index (χ4n) is 4.81. The summed E-state index contributed by atoms with van der Waals surface area (Å²) in [6, 6.07) is 0.382. The molecule has 1 aromatic heterocycles. The SMILES string of the molecule is COc1cc(Cl)c(F)c2[nH]c(C(=O)NC(CC3CC3)C(=O)NC(CC3CC(C)(C)NC3=O)C(=O)O)cc12. The summed E-state index contributed by atoms with van der Waals surface area (Å²) in [6.45, 7) is 3.69. The molecule has 1 aromatic carbocycles. The maximum Gasteiger partial charge on any atom is 0.326 e. The van der Waals surface area contributed by atoms with Crippen LogP contribution in [-0.4, -0.2) is 58.5 Å². The Morgan fingerprint density at radius 2 is 1.92 bits per heavy atom. The topological polar surface area (TPSA) is 150 Å². The van der Waals surface area contributed by atoms with Crippen LogP contribution in [0.5, 0.6) is 5.75 Å². The number of carboxylic acids is 1. The van der Waals surface area contributed by atoms with Gasteiger partial charge in [0.1, 0.15) is 23.5 Å². The third-order valence-corrected chi connectivity index (χ3v) is 7.12. The standard InChI is InChI=1S/C25H30ClFN4O6/c1-25(2)10-12(21(32)31-25)7-17(24(35)36)30-22(33)15(6-11-4-5-11)29-23(34)16-8-13-18(37-3)9-14(26)19(27)20(13)28-16/h8-9,11-12,15,17,28H,4-7,10H2,1-3H3,(H,29,34)(H,30,33)(H,31,32)(H,35,36). The number of halogens is 2. The van der Waals surface area contributed by atoms with Gasteiger partial charge in [-0.1, -0.05) is 24.4 Å². The van der Waals surface area contributed by atoms with Crippen LogP contribution in [0.1, 0.15) is 56.4 Å². The number of ether oxygens (including phenoxy) is 1. The number of nitrogens with one attached hydrogen (secondary N) is 4. The summed E-state index contributed by atoms with van der Waals surface area (Å²) < 4.78 is 19.8. The monoisotopic (exact) mass is 536 g/mol. The summed E-state index contributed by atoms with van der Waals surface area (Å²) in [6.07, 6.45) is 2.49. The molecule has 1 aliphatic heterocycles. The zero-order valence-electron chi connectivity index (χ0n) is 20.7. The fourth-order valence-corrected chi connectivity index (χ4v) is 5.00. The van der Waals surface area contributed by atoms with Gasteiger partial charge in [-0.3, -0.25) is 14.4 Å². The maximum absolute atomic E-state index is 14.5. The van der Waals surface area contributed by atoms with Gasteiger partial charge in [-0.25, -0.2) is 9.18 Å². The molecule has 3 amide bonds. The molecule has 2 heterocycles. The van der Waals surface area contributed by atoms with Crippen molar-refractivity contribution in [2.24, 2.45) is 11.8 Å². The van der Waals surface area contributed by atoms with Crippen molar-refractivity contribution in [3.8, 4) is 5.75 Å². The van der Waals surface area contributed by atoms with Crippen LogP contribution >= 0.6 is 11.6 Å². The highest BCUT2D eigenvalue weighted by Gasteiger charge is 2.40. The number of aromatic amines is 1. The summed E-state index contributed by atoms with van der Waals surface area (Å²) in [5, 5.41) is 17.8. The van der Waals surface area contributed by atoms with E-state index in [1.54, 1.807) is 0 Å². The van der Waals surface area contributed by atoms with Crippen molar-refractivity contribution in [2.45, 2.75) is 63.6 Å². The van der Waals surface area contributed by atoms with E-state index in [1.807, 2.05) is 13.8 Å². The largest absolute Gasteiger partial charge is 0.496 e. The van der Waals surface area contributed by atoms with Crippen molar-refractivity contribution in [1.29, 1.82) is 0 Å². The molecule has 2 fully saturated rings. The second-order valence-electron chi connectivity index (χ2n) is 10.5. The molecule has 1 saturated heterocycles. The second kappa shape index (κ2) is 10.2. The molecule has 37 heavy (non-hydrogen) atoms. The van der Waals surface area contributed by atoms with Crippen molar-refractivity contribution in [2.75, 3.05) is 7.11 Å². The zero-order chi connectivity index (χ0) is 27.1. The smallest absolute Gasteiger partial charge is 0.326 e. The Hall–Kier alpha value is -3.34. The normalized spacial score (nSPS) is 20.2. The van der Waals surface area contributed by atoms with Gasteiger partial charge in [0, 0.05) is 22.9 Å². The minimum Gasteiger partial charge on any atom is -0.496 e. The quantitative estimate of drug-likeness (QED) is 0.315. The van der Waals surface area contributed by atoms with Gasteiger partial charge < -0.3 is 30.8 Å². The third kappa shape index (κ3) is 5.98. The highest BCUT2D eigenvalue weighted by molar-refractivity contribution is 6.31. The average Bonchev–Trinajstić information content (AvgIpc) is 3.45. The number of carbonyl (C=O) groups excluding carboxylic acids is 3. The lowest BCUT2D eigenvalue weighted by atomic mass is 9.91. The fraction of sp³-hybridized carbons (Fsp3) is 0.520. The molecule has 1 aliphatic carbocycles. The molecule has 2 aromatic rings. The van der Waals surface area contributed by atoms with E-state index >= 15 is 0 Å². The Morgan fingerprint density at radius 3 is 2.49 bits per heavy atom. The Bertz CT molecular complexity index is 1260. The van der Waals surface area contributed by atoms with Gasteiger partial charge in [0.2, 0.25) is 11.8 Å². The summed E-state index contributed by atoms with van der Waals surface area (Å²) in [4.78, 5) is 53.1. The van der Waals surface area contributed by atoms with Crippen LogP contribution in [-0.2, 0) is 14.4 Å². The van der Waals surface area contributed by atoms with E-state index in [4.69, 9.17) is 16.3 Å². The Morgan fingerprint density at radius 1 is 1.22 bits per heavy atom. The zero-order valence-corrected chi connectivity index (χ0v) is 21.5. The predicted molar refractivity (Wildman–Crippen MR) is 133 cm³/mol. The lowest BCUT2D eigenvalue weighted by Crippen LogP contribution is -2.52. The minimum absolute atomic E-state index is 0.0114. The lowest BCUT2D eigenvalue weighted by molar-refractivity contribution is -0.142. The van der Waals surface area contributed by atoms with Crippen molar-refractivity contribution >= 4 is 46.2 Å². The lowest BCUT2D eigenvalue weighted by Gasteiger charge is -2.22. The van der Waals surface area contributed by atoms with Crippen LogP contribution in [0.2, 0.25) is 5.02 Å². The van der Waals surface area contributed by atoms with Crippen molar-refractivity contribution < 1.29 is 33.4 Å². The predicted octanol–water partition coefficient (Wildman–Crippen LogP) is 2.74. The molecule has 5 N–H and O–H groups in total. The van der Waals surface area contributed by atoms with Gasteiger partial charge in [-0.15, -0.1) is 0 Å². The van der Waals surface area contributed by atoms with Crippen LogP contribution in [0.4, 0.5) is 4.39 Å². The van der Waals surface area contributed by atoms with E-state index < -0.39 is 47.1 Å². The first kappa shape index (κ1) is 26.7. The van der Waals surface area contributed by atoms with E-state index in [0.717, 1.165) is 12.8 Å². The molecule has 200 valence electrons. The Labute approximate surface area is 217 Å². The van der Waals surface area contributed by atoms with Gasteiger partial charge in [-0.05, 0) is 45.1 Å². The van der Waals surface area contributed by atoms with Gasteiger partial charge in [0.05, 0.1) is 17.6 Å². The van der Waals surface area contributed by atoms with Gasteiger partial charge in [0.25, 0.3) is 5.91 Å². The summed E-state index contributed by atoms with van der Waals surface area (Å²) in [7, 11) is 1.39. The van der Waals surface area contributed by atoms with Crippen molar-refractivity contribution in [1.82, 2.24) is 20.9 Å². The van der Waals surface area contributed by atoms with Crippen LogP contribution < -0.4 is 20.7 Å². The molecule has 4 rings (SSSR count). The van der Waals surface area contributed by atoms with E-state index in [0.29, 0.717) is 18.2 Å².